The quantitative estimate of drug-likeness (QED) is 0.225. The van der Waals surface area contributed by atoms with E-state index in [2.05, 4.69) is 6.92 Å². The first-order valence-electron chi connectivity index (χ1n) is 13.5. The van der Waals surface area contributed by atoms with Crippen LogP contribution in [0, 0.1) is 27.7 Å². The maximum Gasteiger partial charge on any atom is 0.295 e. The number of hydrogen-bond acceptors (Lipinski definition) is 5. The number of unbranched alkanes of at least 4 members (excludes halogenated alkanes) is 2. The van der Waals surface area contributed by atoms with Gasteiger partial charge in [-0.05, 0) is 98.3 Å². The van der Waals surface area contributed by atoms with Gasteiger partial charge in [-0.3, -0.25) is 14.5 Å². The number of carbonyl (C=O) groups is 1. The zero-order chi connectivity index (χ0) is 27.8. The van der Waals surface area contributed by atoms with Crippen LogP contribution in [-0.2, 0) is 0 Å². The van der Waals surface area contributed by atoms with Crippen LogP contribution in [0.2, 0.25) is 0 Å². The van der Waals surface area contributed by atoms with Gasteiger partial charge in [0.1, 0.15) is 5.58 Å². The van der Waals surface area contributed by atoms with E-state index in [1.807, 2.05) is 76.2 Å². The van der Waals surface area contributed by atoms with Crippen molar-refractivity contribution in [3.8, 4) is 11.5 Å². The monoisotopic (exact) mass is 525 g/mol. The number of aryl methyl sites for hydroxylation is 4. The Morgan fingerprint density at radius 1 is 0.846 bits per heavy atom. The van der Waals surface area contributed by atoms with Crippen LogP contribution in [0.4, 0.5) is 5.69 Å². The normalized spacial score (nSPS) is 14.7. The van der Waals surface area contributed by atoms with Crippen molar-refractivity contribution in [2.24, 2.45) is 0 Å². The molecule has 0 saturated heterocycles. The molecule has 0 bridgehead atoms. The lowest BCUT2D eigenvalue weighted by atomic mass is 9.96. The van der Waals surface area contributed by atoms with Gasteiger partial charge in [-0.25, -0.2) is 0 Å². The van der Waals surface area contributed by atoms with E-state index < -0.39 is 6.04 Å². The van der Waals surface area contributed by atoms with Gasteiger partial charge < -0.3 is 13.9 Å². The third-order valence-electron chi connectivity index (χ3n) is 7.76. The molecule has 0 radical (unpaired) electrons. The molecule has 202 valence electrons. The molecule has 0 N–H and O–H groups in total. The molecule has 39 heavy (non-hydrogen) atoms. The van der Waals surface area contributed by atoms with Crippen LogP contribution >= 0.6 is 0 Å². The number of methoxy groups -OCH3 is 1. The third kappa shape index (κ3) is 4.69. The second-order valence-corrected chi connectivity index (χ2v) is 10.4. The fraction of sp³-hybridized carbons (Fsp3) is 0.333. The molecule has 1 aliphatic rings. The number of anilines is 1. The van der Waals surface area contributed by atoms with E-state index in [0.29, 0.717) is 40.3 Å². The van der Waals surface area contributed by atoms with Gasteiger partial charge in [-0.1, -0.05) is 31.9 Å². The molecule has 6 nitrogen and oxygen atoms in total. The number of benzene rings is 3. The van der Waals surface area contributed by atoms with Crippen LogP contribution in [0.1, 0.15) is 76.2 Å². The first kappa shape index (κ1) is 26.5. The Morgan fingerprint density at radius 3 is 2.31 bits per heavy atom. The van der Waals surface area contributed by atoms with E-state index in [0.717, 1.165) is 47.1 Å². The zero-order valence-electron chi connectivity index (χ0n) is 23.5. The predicted molar refractivity (Wildman–Crippen MR) is 155 cm³/mol. The molecule has 6 heteroatoms. The number of ether oxygens (including phenoxy) is 2. The molecule has 1 aliphatic heterocycles. The average Bonchev–Trinajstić information content (AvgIpc) is 3.21. The fourth-order valence-corrected chi connectivity index (χ4v) is 5.19. The van der Waals surface area contributed by atoms with Crippen molar-refractivity contribution in [1.29, 1.82) is 0 Å². The Labute approximate surface area is 229 Å². The van der Waals surface area contributed by atoms with Crippen LogP contribution < -0.4 is 19.8 Å². The summed E-state index contributed by atoms with van der Waals surface area (Å²) < 4.78 is 17.9. The van der Waals surface area contributed by atoms with E-state index in [9.17, 15) is 9.59 Å². The highest BCUT2D eigenvalue weighted by molar-refractivity contribution is 6.10. The predicted octanol–water partition coefficient (Wildman–Crippen LogP) is 7.35. The highest BCUT2D eigenvalue weighted by Crippen LogP contribution is 2.43. The highest BCUT2D eigenvalue weighted by atomic mass is 16.5. The molecule has 0 fully saturated rings. The smallest absolute Gasteiger partial charge is 0.295 e. The van der Waals surface area contributed by atoms with Crippen molar-refractivity contribution in [3.63, 3.8) is 0 Å². The molecule has 4 aromatic rings. The average molecular weight is 526 g/mol. The van der Waals surface area contributed by atoms with Crippen molar-refractivity contribution in [3.05, 3.63) is 97.9 Å². The van der Waals surface area contributed by atoms with Gasteiger partial charge in [-0.2, -0.15) is 0 Å². The van der Waals surface area contributed by atoms with Crippen molar-refractivity contribution in [2.45, 2.75) is 59.9 Å². The number of amides is 1. The van der Waals surface area contributed by atoms with Crippen LogP contribution in [0.25, 0.3) is 11.0 Å². The largest absolute Gasteiger partial charge is 0.493 e. The topological polar surface area (TPSA) is 69.0 Å². The first-order chi connectivity index (χ1) is 18.7. The summed E-state index contributed by atoms with van der Waals surface area (Å²) >= 11 is 0. The Kier molecular flexibility index (Phi) is 7.21. The maximum absolute atomic E-state index is 14.0. The minimum absolute atomic E-state index is 0.0813. The molecule has 1 amide bonds. The van der Waals surface area contributed by atoms with E-state index in [1.165, 1.54) is 0 Å². The van der Waals surface area contributed by atoms with Crippen LogP contribution in [0.15, 0.2) is 57.7 Å². The van der Waals surface area contributed by atoms with Crippen LogP contribution in [0.5, 0.6) is 11.5 Å². The summed E-state index contributed by atoms with van der Waals surface area (Å²) in [7, 11) is 1.60. The number of nitrogens with zero attached hydrogens (tertiary/aromatic N) is 1. The second-order valence-electron chi connectivity index (χ2n) is 10.4. The lowest BCUT2D eigenvalue weighted by Crippen LogP contribution is -2.29. The number of carbonyl (C=O) groups excluding carboxylic acids is 1. The standard InChI is InChI=1S/C33H35NO5/c1-7-8-9-14-38-26-13-11-23(18-28(26)37-6)30-29-31(35)25-16-21(4)22(5)17-27(25)39-32(29)33(36)34(30)24-12-10-19(2)20(3)15-24/h10-13,15-18,30H,7-9,14H2,1-6H3. The molecule has 2 heterocycles. The molecule has 0 saturated carbocycles. The minimum atomic E-state index is -0.681. The van der Waals surface area contributed by atoms with Gasteiger partial charge in [0.05, 0.1) is 30.7 Å². The molecular weight excluding hydrogens is 490 g/mol. The van der Waals surface area contributed by atoms with Crippen molar-refractivity contribution < 1.29 is 18.7 Å². The van der Waals surface area contributed by atoms with Gasteiger partial charge >= 0.3 is 0 Å². The molecule has 1 aromatic heterocycles. The Bertz CT molecular complexity index is 1630. The third-order valence-corrected chi connectivity index (χ3v) is 7.76. The van der Waals surface area contributed by atoms with Crippen LogP contribution in [-0.4, -0.2) is 19.6 Å². The Morgan fingerprint density at radius 2 is 1.59 bits per heavy atom. The molecule has 0 aliphatic carbocycles. The lowest BCUT2D eigenvalue weighted by molar-refractivity contribution is 0.0971. The van der Waals surface area contributed by atoms with Gasteiger partial charge in [0.25, 0.3) is 5.91 Å². The maximum atomic E-state index is 14.0. The number of rotatable bonds is 8. The van der Waals surface area contributed by atoms with E-state index in [-0.39, 0.29) is 17.1 Å². The molecule has 1 atom stereocenters. The summed E-state index contributed by atoms with van der Waals surface area (Å²) in [6, 6.07) is 14.5. The lowest BCUT2D eigenvalue weighted by Gasteiger charge is -2.26. The minimum Gasteiger partial charge on any atom is -0.493 e. The van der Waals surface area contributed by atoms with E-state index in [4.69, 9.17) is 13.9 Å². The molecule has 1 unspecified atom stereocenters. The Hall–Kier alpha value is -4.06. The van der Waals surface area contributed by atoms with Gasteiger partial charge in [-0.15, -0.1) is 0 Å². The van der Waals surface area contributed by atoms with Crippen molar-refractivity contribution >= 4 is 22.6 Å². The summed E-state index contributed by atoms with van der Waals surface area (Å²) in [5, 5.41) is 0.472. The SMILES string of the molecule is CCCCCOc1ccc(C2c3c(oc4cc(C)c(C)cc4c3=O)C(=O)N2c2ccc(C)c(C)c2)cc1OC. The van der Waals surface area contributed by atoms with Crippen molar-refractivity contribution in [1.82, 2.24) is 0 Å². The number of hydrogen-bond donors (Lipinski definition) is 0. The first-order valence-corrected chi connectivity index (χ1v) is 13.5. The summed E-state index contributed by atoms with van der Waals surface area (Å²) in [5.41, 5.74) is 6.18. The summed E-state index contributed by atoms with van der Waals surface area (Å²) in [6.45, 7) is 10.7. The van der Waals surface area contributed by atoms with Gasteiger partial charge in [0.15, 0.2) is 16.9 Å². The van der Waals surface area contributed by atoms with Crippen molar-refractivity contribution in [2.75, 3.05) is 18.6 Å². The van der Waals surface area contributed by atoms with Crippen LogP contribution in [0.3, 0.4) is 0 Å². The zero-order valence-corrected chi connectivity index (χ0v) is 23.5. The molecule has 3 aromatic carbocycles. The van der Waals surface area contributed by atoms with Gasteiger partial charge in [0.2, 0.25) is 5.76 Å². The molecular formula is C33H35NO5. The summed E-state index contributed by atoms with van der Waals surface area (Å²) in [4.78, 5) is 29.7. The second kappa shape index (κ2) is 10.6. The molecule has 5 rings (SSSR count). The fourth-order valence-electron chi connectivity index (χ4n) is 5.19. The molecule has 0 spiro atoms. The summed E-state index contributed by atoms with van der Waals surface area (Å²) in [6.07, 6.45) is 3.16. The Balaban J connectivity index is 1.70. The highest BCUT2D eigenvalue weighted by Gasteiger charge is 2.44. The van der Waals surface area contributed by atoms with Gasteiger partial charge in [0, 0.05) is 5.69 Å². The van der Waals surface area contributed by atoms with E-state index >= 15 is 0 Å². The summed E-state index contributed by atoms with van der Waals surface area (Å²) in [5.74, 6) is 0.935. The van der Waals surface area contributed by atoms with E-state index in [1.54, 1.807) is 12.0 Å². The number of fused-ring (bicyclic) bond motifs is 2.